The molecule has 0 fully saturated rings. The lowest BCUT2D eigenvalue weighted by Gasteiger charge is -2.13. The first-order valence-corrected chi connectivity index (χ1v) is 4.38. The highest BCUT2D eigenvalue weighted by molar-refractivity contribution is 5.67. The van der Waals surface area contributed by atoms with Gasteiger partial charge in [-0.25, -0.2) is 4.98 Å². The number of nitrogens with zero attached hydrogens (tertiary/aromatic N) is 2. The van der Waals surface area contributed by atoms with Crippen molar-refractivity contribution in [3.8, 4) is 0 Å². The van der Waals surface area contributed by atoms with E-state index < -0.39 is 5.97 Å². The quantitative estimate of drug-likeness (QED) is 0.767. The molecule has 0 aromatic carbocycles. The summed E-state index contributed by atoms with van der Waals surface area (Å²) in [5.74, 6) is 0.164. The maximum atomic E-state index is 10.5. The van der Waals surface area contributed by atoms with Crippen molar-refractivity contribution in [1.29, 1.82) is 0 Å². The third kappa shape index (κ3) is 2.31. The fraction of sp³-hybridized carbons (Fsp3) is 0.556. The predicted octanol–water partition coefficient (Wildman–Crippen LogP) is 1.48. The minimum atomic E-state index is -0.775. The van der Waals surface area contributed by atoms with Gasteiger partial charge in [0.05, 0.1) is 6.42 Å². The molecule has 0 radical (unpaired) electrons. The van der Waals surface area contributed by atoms with E-state index >= 15 is 0 Å². The molecule has 1 aromatic heterocycles. The normalized spacial score (nSPS) is 12.8. The molecule has 1 N–H and O–H groups in total. The van der Waals surface area contributed by atoms with Gasteiger partial charge in [-0.3, -0.25) is 4.79 Å². The summed E-state index contributed by atoms with van der Waals surface area (Å²) < 4.78 is 1.91. The number of aromatic nitrogens is 2. The molecular formula is C9H14N2O2. The molecule has 1 heterocycles. The Balaban J connectivity index is 2.75. The van der Waals surface area contributed by atoms with Gasteiger partial charge >= 0.3 is 5.97 Å². The SMILES string of the molecule is CCc1nccn1C(C)CC(=O)O. The largest absolute Gasteiger partial charge is 0.481 e. The van der Waals surface area contributed by atoms with Crippen LogP contribution in [-0.4, -0.2) is 20.6 Å². The summed E-state index contributed by atoms with van der Waals surface area (Å²) in [5, 5.41) is 8.61. The van der Waals surface area contributed by atoms with E-state index in [1.807, 2.05) is 24.6 Å². The Morgan fingerprint density at radius 1 is 1.77 bits per heavy atom. The van der Waals surface area contributed by atoms with Crippen LogP contribution in [0.5, 0.6) is 0 Å². The van der Waals surface area contributed by atoms with E-state index in [2.05, 4.69) is 4.98 Å². The van der Waals surface area contributed by atoms with Crippen molar-refractivity contribution >= 4 is 5.97 Å². The molecule has 4 heteroatoms. The van der Waals surface area contributed by atoms with Crippen LogP contribution in [0.25, 0.3) is 0 Å². The second-order valence-corrected chi connectivity index (χ2v) is 3.05. The van der Waals surface area contributed by atoms with Gasteiger partial charge in [-0.2, -0.15) is 0 Å². The Labute approximate surface area is 77.2 Å². The van der Waals surface area contributed by atoms with Crippen molar-refractivity contribution in [2.24, 2.45) is 0 Å². The van der Waals surface area contributed by atoms with Gasteiger partial charge < -0.3 is 9.67 Å². The Morgan fingerprint density at radius 3 is 3.00 bits per heavy atom. The third-order valence-corrected chi connectivity index (χ3v) is 2.01. The number of rotatable bonds is 4. The van der Waals surface area contributed by atoms with E-state index in [-0.39, 0.29) is 12.5 Å². The van der Waals surface area contributed by atoms with Gasteiger partial charge in [-0.1, -0.05) is 6.92 Å². The van der Waals surface area contributed by atoms with Crippen LogP contribution in [0.4, 0.5) is 0 Å². The third-order valence-electron chi connectivity index (χ3n) is 2.01. The molecule has 0 amide bonds. The minimum Gasteiger partial charge on any atom is -0.481 e. The van der Waals surface area contributed by atoms with E-state index in [9.17, 15) is 4.79 Å². The van der Waals surface area contributed by atoms with Gasteiger partial charge in [0.2, 0.25) is 0 Å². The zero-order chi connectivity index (χ0) is 9.84. The molecule has 0 aliphatic carbocycles. The van der Waals surface area contributed by atoms with Crippen LogP contribution in [0.15, 0.2) is 12.4 Å². The Kier molecular flexibility index (Phi) is 3.06. The van der Waals surface area contributed by atoms with Crippen LogP contribution < -0.4 is 0 Å². The van der Waals surface area contributed by atoms with Crippen LogP contribution in [0.2, 0.25) is 0 Å². The summed E-state index contributed by atoms with van der Waals surface area (Å²) in [6, 6.07) is -0.0186. The van der Waals surface area contributed by atoms with E-state index in [1.165, 1.54) is 0 Å². The van der Waals surface area contributed by atoms with Crippen molar-refractivity contribution in [3.05, 3.63) is 18.2 Å². The van der Waals surface area contributed by atoms with Crippen molar-refractivity contribution in [2.45, 2.75) is 32.7 Å². The predicted molar refractivity (Wildman–Crippen MR) is 48.6 cm³/mol. The molecule has 0 bridgehead atoms. The molecule has 0 aliphatic rings. The van der Waals surface area contributed by atoms with E-state index in [4.69, 9.17) is 5.11 Å². The molecule has 0 saturated carbocycles. The van der Waals surface area contributed by atoms with Crippen LogP contribution in [0.3, 0.4) is 0 Å². The number of aliphatic carboxylic acids is 1. The van der Waals surface area contributed by atoms with Crippen LogP contribution in [0, 0.1) is 0 Å². The number of carbonyl (C=O) groups is 1. The molecule has 1 unspecified atom stereocenters. The highest BCUT2D eigenvalue weighted by Gasteiger charge is 2.11. The highest BCUT2D eigenvalue weighted by Crippen LogP contribution is 2.13. The summed E-state index contributed by atoms with van der Waals surface area (Å²) in [7, 11) is 0. The first-order valence-electron chi connectivity index (χ1n) is 4.38. The maximum absolute atomic E-state index is 10.5. The zero-order valence-corrected chi connectivity index (χ0v) is 7.90. The van der Waals surface area contributed by atoms with Gasteiger partial charge in [0.15, 0.2) is 0 Å². The number of hydrogen-bond donors (Lipinski definition) is 1. The zero-order valence-electron chi connectivity index (χ0n) is 7.90. The van der Waals surface area contributed by atoms with Crippen molar-refractivity contribution in [2.75, 3.05) is 0 Å². The topological polar surface area (TPSA) is 55.1 Å². The number of carboxylic acids is 1. The number of imidazole rings is 1. The molecule has 0 aliphatic heterocycles. The maximum Gasteiger partial charge on any atom is 0.305 e. The summed E-state index contributed by atoms with van der Waals surface area (Å²) in [5.41, 5.74) is 0. The minimum absolute atomic E-state index is 0.0186. The smallest absolute Gasteiger partial charge is 0.305 e. The Bertz CT molecular complexity index is 294. The standard InChI is InChI=1S/C9H14N2O2/c1-3-8-10-4-5-11(8)7(2)6-9(12)13/h4-5,7H,3,6H2,1-2H3,(H,12,13). The lowest BCUT2D eigenvalue weighted by atomic mass is 10.2. The molecule has 0 spiro atoms. The molecule has 0 saturated heterocycles. The van der Waals surface area contributed by atoms with Crippen molar-refractivity contribution in [1.82, 2.24) is 9.55 Å². The van der Waals surface area contributed by atoms with Crippen LogP contribution in [0.1, 0.15) is 32.1 Å². The van der Waals surface area contributed by atoms with Gasteiger partial charge in [-0.05, 0) is 6.92 Å². The van der Waals surface area contributed by atoms with Gasteiger partial charge in [0.25, 0.3) is 0 Å². The molecule has 13 heavy (non-hydrogen) atoms. The number of carboxylic acid groups (broad SMARTS) is 1. The molecule has 1 aromatic rings. The summed E-state index contributed by atoms with van der Waals surface area (Å²) >= 11 is 0. The lowest BCUT2D eigenvalue weighted by Crippen LogP contribution is -2.12. The average Bonchev–Trinajstić information content (AvgIpc) is 2.49. The first kappa shape index (κ1) is 9.77. The average molecular weight is 182 g/mol. The number of hydrogen-bond acceptors (Lipinski definition) is 2. The Hall–Kier alpha value is -1.32. The van der Waals surface area contributed by atoms with E-state index in [1.54, 1.807) is 6.20 Å². The Morgan fingerprint density at radius 2 is 2.46 bits per heavy atom. The first-order chi connectivity index (χ1) is 6.15. The molecule has 1 rings (SSSR count). The lowest BCUT2D eigenvalue weighted by molar-refractivity contribution is -0.137. The fourth-order valence-electron chi connectivity index (χ4n) is 1.37. The monoisotopic (exact) mass is 182 g/mol. The number of aryl methyl sites for hydroxylation is 1. The second-order valence-electron chi connectivity index (χ2n) is 3.05. The van der Waals surface area contributed by atoms with Crippen LogP contribution in [-0.2, 0) is 11.2 Å². The molecule has 1 atom stereocenters. The summed E-state index contributed by atoms with van der Waals surface area (Å²) in [6.45, 7) is 3.89. The summed E-state index contributed by atoms with van der Waals surface area (Å²) in [4.78, 5) is 14.6. The molecule has 4 nitrogen and oxygen atoms in total. The van der Waals surface area contributed by atoms with Gasteiger partial charge in [-0.15, -0.1) is 0 Å². The van der Waals surface area contributed by atoms with Gasteiger partial charge in [0, 0.05) is 24.9 Å². The van der Waals surface area contributed by atoms with Gasteiger partial charge in [0.1, 0.15) is 5.82 Å². The molecular weight excluding hydrogens is 168 g/mol. The van der Waals surface area contributed by atoms with E-state index in [0.29, 0.717) is 0 Å². The highest BCUT2D eigenvalue weighted by atomic mass is 16.4. The molecule has 72 valence electrons. The van der Waals surface area contributed by atoms with Crippen molar-refractivity contribution < 1.29 is 9.90 Å². The van der Waals surface area contributed by atoms with E-state index in [0.717, 1.165) is 12.2 Å². The fourth-order valence-corrected chi connectivity index (χ4v) is 1.37. The second kappa shape index (κ2) is 4.07. The van der Waals surface area contributed by atoms with Crippen LogP contribution >= 0.6 is 0 Å². The summed E-state index contributed by atoms with van der Waals surface area (Å²) in [6.07, 6.45) is 4.50. The van der Waals surface area contributed by atoms with Crippen molar-refractivity contribution in [3.63, 3.8) is 0 Å².